The van der Waals surface area contributed by atoms with Crippen LogP contribution in [-0.4, -0.2) is 52.7 Å². The summed E-state index contributed by atoms with van der Waals surface area (Å²) in [5.41, 5.74) is 3.14. The van der Waals surface area contributed by atoms with E-state index < -0.39 is 34.2 Å². The summed E-state index contributed by atoms with van der Waals surface area (Å²) in [4.78, 5) is 25.0. The number of rotatable bonds is 7. The Kier molecular flexibility index (Phi) is 6.29. The number of cyclic esters (lactones) is 1. The van der Waals surface area contributed by atoms with Crippen LogP contribution in [0, 0.1) is 0 Å². The van der Waals surface area contributed by atoms with Crippen LogP contribution < -0.4 is 10.4 Å². The van der Waals surface area contributed by atoms with Crippen molar-refractivity contribution in [1.29, 1.82) is 0 Å². The largest absolute Gasteiger partial charge is 0.444 e. The number of carbonyl (C=O) groups excluding carboxylic acids is 2. The quantitative estimate of drug-likeness (QED) is 0.553. The van der Waals surface area contributed by atoms with Gasteiger partial charge in [-0.3, -0.25) is 19.1 Å². The molecule has 1 heterocycles. The Bertz CT molecular complexity index is 621. The molecule has 24 heavy (non-hydrogen) atoms. The van der Waals surface area contributed by atoms with E-state index in [0.717, 1.165) is 5.56 Å². The number of methoxy groups -OCH3 is 1. The molecule has 2 N–H and O–H groups in total. The van der Waals surface area contributed by atoms with Crippen molar-refractivity contribution in [3.63, 3.8) is 0 Å². The van der Waals surface area contributed by atoms with Gasteiger partial charge in [-0.2, -0.15) is 0 Å². The highest BCUT2D eigenvalue weighted by molar-refractivity contribution is 7.85. The first-order valence-electron chi connectivity index (χ1n) is 7.28. The van der Waals surface area contributed by atoms with Gasteiger partial charge in [0.1, 0.15) is 11.4 Å². The molecule has 0 spiro atoms. The maximum Gasteiger partial charge on any atom is 0.414 e. The zero-order valence-corrected chi connectivity index (χ0v) is 14.2. The first-order valence-corrected chi connectivity index (χ1v) is 8.90. The molecule has 1 fully saturated rings. The molecule has 2 rings (SSSR count). The molecule has 3 atom stereocenters. The summed E-state index contributed by atoms with van der Waals surface area (Å²) >= 11 is 0. The first kappa shape index (κ1) is 18.4. The van der Waals surface area contributed by atoms with E-state index in [1.54, 1.807) is 19.2 Å². The Hall–Kier alpha value is -1.97. The third kappa shape index (κ3) is 4.31. The molecule has 1 saturated heterocycles. The fraction of sp³-hybridized carbons (Fsp3) is 0.467. The van der Waals surface area contributed by atoms with E-state index in [1.165, 1.54) is 16.6 Å². The van der Waals surface area contributed by atoms with Crippen molar-refractivity contribution >= 4 is 28.5 Å². The molecule has 1 aliphatic heterocycles. The van der Waals surface area contributed by atoms with Crippen molar-refractivity contribution in [2.45, 2.75) is 24.4 Å². The lowest BCUT2D eigenvalue weighted by atomic mass is 10.1. The van der Waals surface area contributed by atoms with Gasteiger partial charge in [-0.1, -0.05) is 12.1 Å². The first-order chi connectivity index (χ1) is 11.5. The normalized spacial score (nSPS) is 19.7. The summed E-state index contributed by atoms with van der Waals surface area (Å²) < 4.78 is 21.9. The molecular weight excluding hydrogens is 336 g/mol. The van der Waals surface area contributed by atoms with E-state index in [9.17, 15) is 13.8 Å². The number of hydrogen-bond donors (Lipinski definition) is 2. The summed E-state index contributed by atoms with van der Waals surface area (Å²) in [7, 11) is 0.107. The van der Waals surface area contributed by atoms with Gasteiger partial charge in [0.15, 0.2) is 0 Å². The van der Waals surface area contributed by atoms with Crippen LogP contribution in [0.3, 0.4) is 0 Å². The zero-order valence-electron chi connectivity index (χ0n) is 13.4. The van der Waals surface area contributed by atoms with Crippen molar-refractivity contribution in [1.82, 2.24) is 5.48 Å². The van der Waals surface area contributed by atoms with Crippen molar-refractivity contribution in [3.8, 4) is 0 Å². The van der Waals surface area contributed by atoms with E-state index in [4.69, 9.17) is 14.7 Å². The van der Waals surface area contributed by atoms with Crippen molar-refractivity contribution in [2.75, 3.05) is 24.8 Å². The number of nitrogens with one attached hydrogen (secondary N) is 1. The molecule has 1 aromatic carbocycles. The molecule has 1 aromatic rings. The van der Waals surface area contributed by atoms with Crippen LogP contribution in [0.25, 0.3) is 0 Å². The van der Waals surface area contributed by atoms with Gasteiger partial charge in [-0.15, -0.1) is 0 Å². The molecule has 0 bridgehead atoms. The minimum absolute atomic E-state index is 0.0690. The maximum absolute atomic E-state index is 12.0. The van der Waals surface area contributed by atoms with Gasteiger partial charge >= 0.3 is 6.09 Å². The number of benzene rings is 1. The number of ether oxygens (including phenoxy) is 2. The fourth-order valence-electron chi connectivity index (χ4n) is 2.50. The summed E-state index contributed by atoms with van der Waals surface area (Å²) in [5.74, 6) is -0.755. The minimum atomic E-state index is -1.50. The Balaban J connectivity index is 2.04. The second-order valence-electron chi connectivity index (χ2n) is 5.41. The molecular formula is C15H20N2O6S. The van der Waals surface area contributed by atoms with Gasteiger partial charge in [0.2, 0.25) is 0 Å². The minimum Gasteiger partial charge on any atom is -0.444 e. The molecule has 8 nitrogen and oxygen atoms in total. The molecule has 0 aliphatic carbocycles. The third-order valence-corrected chi connectivity index (χ3v) is 4.92. The molecule has 3 unspecified atom stereocenters. The lowest BCUT2D eigenvalue weighted by Crippen LogP contribution is -2.38. The average Bonchev–Trinajstić information content (AvgIpc) is 2.93. The predicted molar refractivity (Wildman–Crippen MR) is 87.2 cm³/mol. The molecule has 0 radical (unpaired) electrons. The van der Waals surface area contributed by atoms with Gasteiger partial charge in [-0.25, -0.2) is 10.3 Å². The van der Waals surface area contributed by atoms with Crippen molar-refractivity contribution in [3.05, 3.63) is 29.8 Å². The summed E-state index contributed by atoms with van der Waals surface area (Å²) in [5, 5.41) is 7.77. The highest BCUT2D eigenvalue weighted by atomic mass is 32.2. The van der Waals surface area contributed by atoms with Crippen LogP contribution in [0.4, 0.5) is 10.5 Å². The maximum atomic E-state index is 12.0. The van der Waals surface area contributed by atoms with Crippen molar-refractivity contribution < 1.29 is 28.5 Å². The van der Waals surface area contributed by atoms with Crippen LogP contribution >= 0.6 is 0 Å². The van der Waals surface area contributed by atoms with Crippen LogP contribution in [0.1, 0.15) is 12.0 Å². The van der Waals surface area contributed by atoms with E-state index in [-0.39, 0.29) is 13.0 Å². The van der Waals surface area contributed by atoms with Crippen LogP contribution in [0.15, 0.2) is 24.3 Å². The number of amides is 2. The smallest absolute Gasteiger partial charge is 0.414 e. The zero-order chi connectivity index (χ0) is 17.7. The predicted octanol–water partition coefficient (Wildman–Crippen LogP) is 0.801. The number of nitrogens with zero attached hydrogens (tertiary/aromatic N) is 1. The summed E-state index contributed by atoms with van der Waals surface area (Å²) in [6.07, 6.45) is 0.328. The number of hydrogen-bond acceptors (Lipinski definition) is 6. The van der Waals surface area contributed by atoms with Crippen molar-refractivity contribution in [2.24, 2.45) is 0 Å². The van der Waals surface area contributed by atoms with Crippen LogP contribution in [0.5, 0.6) is 0 Å². The average molecular weight is 356 g/mol. The Labute approximate surface area is 142 Å². The second kappa shape index (κ2) is 8.22. The number of hydroxylamine groups is 1. The highest BCUT2D eigenvalue weighted by Gasteiger charge is 2.36. The monoisotopic (exact) mass is 356 g/mol. The molecule has 1 aliphatic rings. The summed E-state index contributed by atoms with van der Waals surface area (Å²) in [6, 6.07) is 7.27. The SMILES string of the molecule is COCc1ccc(N2CC(CC(C(=O)NO)S(C)=O)OC2=O)cc1. The lowest BCUT2D eigenvalue weighted by Gasteiger charge is -2.16. The van der Waals surface area contributed by atoms with Gasteiger partial charge in [0, 0.05) is 36.3 Å². The van der Waals surface area contributed by atoms with Gasteiger partial charge in [0.25, 0.3) is 5.91 Å². The Morgan fingerprint density at radius 3 is 2.71 bits per heavy atom. The molecule has 9 heteroatoms. The van der Waals surface area contributed by atoms with Crippen LogP contribution in [-0.2, 0) is 31.7 Å². The fourth-order valence-corrected chi connectivity index (χ4v) is 3.34. The number of anilines is 1. The van der Waals surface area contributed by atoms with E-state index in [2.05, 4.69) is 0 Å². The molecule has 0 aromatic heterocycles. The molecule has 2 amide bonds. The van der Waals surface area contributed by atoms with E-state index >= 15 is 0 Å². The van der Waals surface area contributed by atoms with E-state index in [0.29, 0.717) is 12.3 Å². The van der Waals surface area contributed by atoms with Gasteiger partial charge in [0.05, 0.1) is 13.2 Å². The summed E-state index contributed by atoms with van der Waals surface area (Å²) in [6.45, 7) is 0.725. The Morgan fingerprint density at radius 2 is 2.17 bits per heavy atom. The Morgan fingerprint density at radius 1 is 1.50 bits per heavy atom. The number of carbonyl (C=O) groups is 2. The van der Waals surface area contributed by atoms with Gasteiger partial charge in [-0.05, 0) is 17.7 Å². The lowest BCUT2D eigenvalue weighted by molar-refractivity contribution is -0.129. The molecule has 132 valence electrons. The molecule has 0 saturated carbocycles. The second-order valence-corrected chi connectivity index (χ2v) is 6.98. The standard InChI is InChI=1S/C15H20N2O6S/c1-22-9-10-3-5-11(6-4-10)17-8-12(23-15(17)19)7-13(24(2)21)14(18)16-20/h3-6,12-13,20H,7-9H2,1-2H3,(H,16,18). The van der Waals surface area contributed by atoms with Crippen LogP contribution in [0.2, 0.25) is 0 Å². The highest BCUT2D eigenvalue weighted by Crippen LogP contribution is 2.24. The van der Waals surface area contributed by atoms with Gasteiger partial charge < -0.3 is 9.47 Å². The van der Waals surface area contributed by atoms with E-state index in [1.807, 2.05) is 12.1 Å². The topological polar surface area (TPSA) is 105 Å². The third-order valence-electron chi connectivity index (χ3n) is 3.71.